The zero-order valence-electron chi connectivity index (χ0n) is 17.7. The van der Waals surface area contributed by atoms with E-state index in [0.29, 0.717) is 24.2 Å². The van der Waals surface area contributed by atoms with Gasteiger partial charge in [-0.15, -0.1) is 0 Å². The Bertz CT molecular complexity index is 807. The first-order valence-electron chi connectivity index (χ1n) is 9.96. The number of carbonyl (C=O) groups excluding carboxylic acids is 2. The Kier molecular flexibility index (Phi) is 10.3. The van der Waals surface area contributed by atoms with Crippen molar-refractivity contribution in [3.8, 4) is 0 Å². The number of carboxylic acids is 2. The fourth-order valence-electron chi connectivity index (χ4n) is 3.15. The highest BCUT2D eigenvalue weighted by molar-refractivity contribution is 6.02. The molecule has 2 atom stereocenters. The van der Waals surface area contributed by atoms with Crippen LogP contribution in [0.4, 0.5) is 0 Å². The molecule has 10 heteroatoms. The zero-order valence-corrected chi connectivity index (χ0v) is 17.7. The smallest absolute Gasteiger partial charge is 0.327 e. The molecule has 0 radical (unpaired) electrons. The maximum atomic E-state index is 12.8. The highest BCUT2D eigenvalue weighted by Gasteiger charge is 2.39. The summed E-state index contributed by atoms with van der Waals surface area (Å²) in [5.41, 5.74) is 7.53. The number of benzene rings is 1. The van der Waals surface area contributed by atoms with E-state index >= 15 is 0 Å². The summed E-state index contributed by atoms with van der Waals surface area (Å²) in [5, 5.41) is 21.9. The summed E-state index contributed by atoms with van der Waals surface area (Å²) < 4.78 is 0. The number of aliphatic carboxylic acids is 2. The number of imide groups is 1. The van der Waals surface area contributed by atoms with Crippen LogP contribution in [0.25, 0.3) is 0 Å². The van der Waals surface area contributed by atoms with Gasteiger partial charge < -0.3 is 21.8 Å². The van der Waals surface area contributed by atoms with Crippen LogP contribution in [0.3, 0.4) is 0 Å². The molecule has 0 aromatic heterocycles. The number of rotatable bonds is 12. The first-order valence-corrected chi connectivity index (χ1v) is 9.96. The van der Waals surface area contributed by atoms with Crippen molar-refractivity contribution in [2.75, 3.05) is 0 Å². The van der Waals surface area contributed by atoms with Crippen LogP contribution < -0.4 is 11.6 Å². The van der Waals surface area contributed by atoms with E-state index in [0.717, 1.165) is 11.1 Å². The SMILES string of the molecule is CC(C)[C@@H](C(=O)O)N(C(=O)CCCCc1ccc(C=NN)cc1)C(=O)[C@@H](N)CC(=O)O. The second-order valence-electron chi connectivity index (χ2n) is 7.56. The van der Waals surface area contributed by atoms with Crippen molar-refractivity contribution in [1.29, 1.82) is 0 Å². The largest absolute Gasteiger partial charge is 0.481 e. The third-order valence-electron chi connectivity index (χ3n) is 4.69. The van der Waals surface area contributed by atoms with Crippen LogP contribution in [0.1, 0.15) is 50.7 Å². The molecule has 6 N–H and O–H groups in total. The lowest BCUT2D eigenvalue weighted by Gasteiger charge is -2.31. The number of hydrogen-bond donors (Lipinski definition) is 4. The van der Waals surface area contributed by atoms with Gasteiger partial charge in [0.2, 0.25) is 11.8 Å². The summed E-state index contributed by atoms with van der Waals surface area (Å²) in [6, 6.07) is 4.63. The van der Waals surface area contributed by atoms with E-state index in [1.807, 2.05) is 24.3 Å². The number of carbonyl (C=O) groups is 4. The Labute approximate surface area is 180 Å². The second kappa shape index (κ2) is 12.4. The minimum Gasteiger partial charge on any atom is -0.481 e. The van der Waals surface area contributed by atoms with Crippen molar-refractivity contribution < 1.29 is 29.4 Å². The molecule has 10 nitrogen and oxygen atoms in total. The third-order valence-corrected chi connectivity index (χ3v) is 4.69. The van der Waals surface area contributed by atoms with Gasteiger partial charge >= 0.3 is 11.9 Å². The lowest BCUT2D eigenvalue weighted by atomic mass is 9.99. The van der Waals surface area contributed by atoms with Gasteiger partial charge in [-0.2, -0.15) is 5.10 Å². The molecule has 31 heavy (non-hydrogen) atoms. The number of unbranched alkanes of at least 4 members (excludes halogenated alkanes) is 1. The highest BCUT2D eigenvalue weighted by atomic mass is 16.4. The molecule has 1 aromatic carbocycles. The topological polar surface area (TPSA) is 176 Å². The summed E-state index contributed by atoms with van der Waals surface area (Å²) in [7, 11) is 0. The first-order chi connectivity index (χ1) is 14.6. The lowest BCUT2D eigenvalue weighted by Crippen LogP contribution is -2.56. The molecule has 2 amide bonds. The minimum absolute atomic E-state index is 0.0556. The van der Waals surface area contributed by atoms with E-state index in [9.17, 15) is 24.3 Å². The number of hydrazone groups is 1. The number of nitrogens with two attached hydrogens (primary N) is 2. The van der Waals surface area contributed by atoms with E-state index in [4.69, 9.17) is 16.7 Å². The summed E-state index contributed by atoms with van der Waals surface area (Å²) in [6.07, 6.45) is 2.52. The van der Waals surface area contributed by atoms with E-state index < -0.39 is 48.2 Å². The van der Waals surface area contributed by atoms with Gasteiger partial charge in [-0.1, -0.05) is 38.1 Å². The molecule has 0 bridgehead atoms. The first kappa shape index (κ1) is 25.8. The number of amides is 2. The van der Waals surface area contributed by atoms with Crippen molar-refractivity contribution in [3.05, 3.63) is 35.4 Å². The van der Waals surface area contributed by atoms with Crippen molar-refractivity contribution in [2.24, 2.45) is 22.6 Å². The number of aryl methyl sites for hydroxylation is 1. The molecule has 0 saturated heterocycles. The van der Waals surface area contributed by atoms with Gasteiger partial charge in [0.25, 0.3) is 0 Å². The zero-order chi connectivity index (χ0) is 23.6. The Balaban J connectivity index is 2.81. The summed E-state index contributed by atoms with van der Waals surface area (Å²) >= 11 is 0. The normalized spacial score (nSPS) is 13.2. The van der Waals surface area contributed by atoms with Crippen LogP contribution in [-0.4, -0.2) is 57.2 Å². The molecule has 1 aromatic rings. The molecule has 0 spiro atoms. The van der Waals surface area contributed by atoms with Gasteiger partial charge in [0.1, 0.15) is 6.04 Å². The quantitative estimate of drug-likeness (QED) is 0.163. The Hall–Kier alpha value is -3.27. The molecular weight excluding hydrogens is 404 g/mol. The van der Waals surface area contributed by atoms with Crippen LogP contribution in [-0.2, 0) is 25.6 Å². The van der Waals surface area contributed by atoms with E-state index in [1.165, 1.54) is 6.21 Å². The van der Waals surface area contributed by atoms with Crippen LogP contribution >= 0.6 is 0 Å². The van der Waals surface area contributed by atoms with Crippen molar-refractivity contribution in [2.45, 2.75) is 58.0 Å². The molecule has 0 aliphatic rings. The van der Waals surface area contributed by atoms with Crippen molar-refractivity contribution >= 4 is 30.0 Å². The number of carboxylic acid groups (broad SMARTS) is 2. The molecular formula is C21H30N4O6. The average Bonchev–Trinajstić information content (AvgIpc) is 2.68. The van der Waals surface area contributed by atoms with Gasteiger partial charge in [-0.3, -0.25) is 19.3 Å². The summed E-state index contributed by atoms with van der Waals surface area (Å²) in [4.78, 5) is 48.6. The van der Waals surface area contributed by atoms with Crippen LogP contribution in [0.15, 0.2) is 29.4 Å². The molecule has 170 valence electrons. The molecule has 0 saturated carbocycles. The minimum atomic E-state index is -1.50. The fraction of sp³-hybridized carbons (Fsp3) is 0.476. The standard InChI is InChI=1S/C21H30N4O6/c1-13(2)19(21(30)31)25(20(29)16(22)11-18(27)28)17(26)6-4-3-5-14-7-9-15(10-8-14)12-24-23/h7-10,12-13,16,19H,3-6,11,22-23H2,1-2H3,(H,27,28)(H,30,31)/t16-,19-/m0/s1. The predicted molar refractivity (Wildman–Crippen MR) is 114 cm³/mol. The maximum Gasteiger partial charge on any atom is 0.327 e. The van der Waals surface area contributed by atoms with Crippen LogP contribution in [0.2, 0.25) is 0 Å². The summed E-state index contributed by atoms with van der Waals surface area (Å²) in [6.45, 7) is 3.13. The monoisotopic (exact) mass is 434 g/mol. The van der Waals surface area contributed by atoms with E-state index in [-0.39, 0.29) is 6.42 Å². The molecule has 0 fully saturated rings. The Morgan fingerprint density at radius 3 is 2.19 bits per heavy atom. The van der Waals surface area contributed by atoms with Gasteiger partial charge in [-0.25, -0.2) is 4.79 Å². The molecule has 1 rings (SSSR count). The van der Waals surface area contributed by atoms with Crippen molar-refractivity contribution in [1.82, 2.24) is 4.90 Å². The highest BCUT2D eigenvalue weighted by Crippen LogP contribution is 2.17. The third kappa shape index (κ3) is 8.17. The van der Waals surface area contributed by atoms with Gasteiger partial charge in [0.05, 0.1) is 18.7 Å². The molecule has 0 aliphatic heterocycles. The average molecular weight is 434 g/mol. The Morgan fingerprint density at radius 1 is 1.10 bits per heavy atom. The van der Waals surface area contributed by atoms with Crippen molar-refractivity contribution in [3.63, 3.8) is 0 Å². The second-order valence-corrected chi connectivity index (χ2v) is 7.56. The maximum absolute atomic E-state index is 12.8. The van der Waals surface area contributed by atoms with E-state index in [2.05, 4.69) is 5.10 Å². The van der Waals surface area contributed by atoms with Crippen LogP contribution in [0, 0.1) is 5.92 Å². The van der Waals surface area contributed by atoms with Gasteiger partial charge in [0.15, 0.2) is 0 Å². The van der Waals surface area contributed by atoms with Gasteiger partial charge in [0, 0.05) is 6.42 Å². The molecule has 0 heterocycles. The number of nitrogens with zero attached hydrogens (tertiary/aromatic N) is 2. The summed E-state index contributed by atoms with van der Waals surface area (Å²) in [5.74, 6) is 0.204. The number of hydrogen-bond acceptors (Lipinski definition) is 7. The van der Waals surface area contributed by atoms with Crippen LogP contribution in [0.5, 0.6) is 0 Å². The van der Waals surface area contributed by atoms with Gasteiger partial charge in [-0.05, 0) is 36.3 Å². The fourth-order valence-corrected chi connectivity index (χ4v) is 3.15. The Morgan fingerprint density at radius 2 is 1.71 bits per heavy atom. The lowest BCUT2D eigenvalue weighted by molar-refractivity contribution is -0.161. The van der Waals surface area contributed by atoms with E-state index in [1.54, 1.807) is 13.8 Å². The molecule has 0 unspecified atom stereocenters. The predicted octanol–water partition coefficient (Wildman–Crippen LogP) is 0.958. The molecule has 0 aliphatic carbocycles.